The van der Waals surface area contributed by atoms with Crippen LogP contribution in [0.5, 0.6) is 0 Å². The van der Waals surface area contributed by atoms with Gasteiger partial charge in [-0.15, -0.1) is 0 Å². The largest absolute Gasteiger partial charge is 0.460 e. The second kappa shape index (κ2) is 7.66. The first kappa shape index (κ1) is 19.0. The molecule has 0 unspecified atom stereocenters. The van der Waals surface area contributed by atoms with Crippen molar-refractivity contribution in [2.75, 3.05) is 11.9 Å². The molecule has 1 fully saturated rings. The molecule has 156 valence electrons. The second-order valence-corrected chi connectivity index (χ2v) is 7.69. The summed E-state index contributed by atoms with van der Waals surface area (Å²) in [6, 6.07) is 7.82. The third kappa shape index (κ3) is 3.29. The van der Waals surface area contributed by atoms with Crippen molar-refractivity contribution in [3.63, 3.8) is 0 Å². The summed E-state index contributed by atoms with van der Waals surface area (Å²) >= 11 is 0. The number of nitrogens with one attached hydrogen (secondary N) is 1. The van der Waals surface area contributed by atoms with E-state index in [0.29, 0.717) is 23.4 Å². The van der Waals surface area contributed by atoms with Crippen molar-refractivity contribution < 1.29 is 19.4 Å². The number of carbonyl (C=O) groups excluding carboxylic acids is 1. The van der Waals surface area contributed by atoms with Gasteiger partial charge in [0.2, 0.25) is 0 Å². The third-order valence-corrected chi connectivity index (χ3v) is 5.75. The number of fused-ring (bicyclic) bond motifs is 2. The number of benzene rings is 1. The van der Waals surface area contributed by atoms with E-state index in [0.717, 1.165) is 24.0 Å². The number of anilines is 1. The fourth-order valence-electron chi connectivity index (χ4n) is 4.39. The van der Waals surface area contributed by atoms with Crippen LogP contribution in [0.3, 0.4) is 0 Å². The standard InChI is InChI=1S/C21H23N5O4/c1-12(28)29-16-8-13-4-2-3-5-15(13)18(16)25-20-19-21(23-10-22-20)26(11-24-19)17-7-6-14(9-27)30-17/h2-5,10-11,14,16-18,27H,6-9H2,1H3,(H,22,23,25)/t14-,16+,17-,18-/m1/s1. The molecule has 9 heteroatoms. The van der Waals surface area contributed by atoms with Gasteiger partial charge in [0.15, 0.2) is 17.0 Å². The van der Waals surface area contributed by atoms with Crippen molar-refractivity contribution in [1.29, 1.82) is 0 Å². The van der Waals surface area contributed by atoms with Crippen LogP contribution in [-0.2, 0) is 20.7 Å². The van der Waals surface area contributed by atoms with Gasteiger partial charge in [0.25, 0.3) is 0 Å². The van der Waals surface area contributed by atoms with E-state index in [2.05, 4.69) is 20.3 Å². The lowest BCUT2D eigenvalue weighted by molar-refractivity contribution is -0.146. The molecule has 4 atom stereocenters. The molecule has 2 aliphatic rings. The highest BCUT2D eigenvalue weighted by Crippen LogP contribution is 2.37. The smallest absolute Gasteiger partial charge is 0.302 e. The van der Waals surface area contributed by atoms with Crippen LogP contribution in [0.2, 0.25) is 0 Å². The van der Waals surface area contributed by atoms with Gasteiger partial charge in [-0.1, -0.05) is 24.3 Å². The van der Waals surface area contributed by atoms with E-state index < -0.39 is 0 Å². The molecule has 3 heterocycles. The number of esters is 1. The van der Waals surface area contributed by atoms with Crippen LogP contribution in [0.25, 0.3) is 11.2 Å². The molecule has 0 amide bonds. The minimum atomic E-state index is -0.324. The molecule has 30 heavy (non-hydrogen) atoms. The number of hydrogen-bond acceptors (Lipinski definition) is 8. The number of aliphatic hydroxyl groups excluding tert-OH is 1. The van der Waals surface area contributed by atoms with Gasteiger partial charge in [0.1, 0.15) is 18.7 Å². The lowest BCUT2D eigenvalue weighted by Gasteiger charge is -2.22. The van der Waals surface area contributed by atoms with Gasteiger partial charge in [0, 0.05) is 13.3 Å². The first-order valence-electron chi connectivity index (χ1n) is 10.1. The van der Waals surface area contributed by atoms with Gasteiger partial charge in [0.05, 0.1) is 25.1 Å². The van der Waals surface area contributed by atoms with Crippen LogP contribution in [0, 0.1) is 0 Å². The molecule has 9 nitrogen and oxygen atoms in total. The Morgan fingerprint density at radius 1 is 1.30 bits per heavy atom. The summed E-state index contributed by atoms with van der Waals surface area (Å²) in [5, 5.41) is 12.8. The van der Waals surface area contributed by atoms with Gasteiger partial charge in [-0.25, -0.2) is 15.0 Å². The average molecular weight is 409 g/mol. The number of imidazole rings is 1. The Morgan fingerprint density at radius 2 is 2.17 bits per heavy atom. The molecule has 1 saturated heterocycles. The maximum Gasteiger partial charge on any atom is 0.302 e. The highest BCUT2D eigenvalue weighted by Gasteiger charge is 2.35. The molecule has 1 aliphatic carbocycles. The van der Waals surface area contributed by atoms with Crippen LogP contribution in [0.1, 0.15) is 43.2 Å². The summed E-state index contributed by atoms with van der Waals surface area (Å²) in [4.78, 5) is 25.0. The lowest BCUT2D eigenvalue weighted by atomic mass is 10.1. The molecule has 0 radical (unpaired) electrons. The molecule has 2 N–H and O–H groups in total. The van der Waals surface area contributed by atoms with Gasteiger partial charge < -0.3 is 19.9 Å². The van der Waals surface area contributed by atoms with Crippen molar-refractivity contribution in [2.45, 2.75) is 50.7 Å². The maximum atomic E-state index is 11.6. The summed E-state index contributed by atoms with van der Waals surface area (Å²) < 4.78 is 13.3. The van der Waals surface area contributed by atoms with E-state index in [4.69, 9.17) is 9.47 Å². The zero-order valence-corrected chi connectivity index (χ0v) is 16.6. The number of carbonyl (C=O) groups is 1. The molecule has 0 saturated carbocycles. The Labute approximate surface area is 173 Å². The molecular weight excluding hydrogens is 386 g/mol. The summed E-state index contributed by atoms with van der Waals surface area (Å²) in [7, 11) is 0. The lowest BCUT2D eigenvalue weighted by Crippen LogP contribution is -2.27. The monoisotopic (exact) mass is 409 g/mol. The van der Waals surface area contributed by atoms with Gasteiger partial charge in [-0.3, -0.25) is 9.36 Å². The Kier molecular flexibility index (Phi) is 4.84. The quantitative estimate of drug-likeness (QED) is 0.617. The summed E-state index contributed by atoms with van der Waals surface area (Å²) in [6.07, 6.45) is 4.71. The SMILES string of the molecule is CC(=O)O[C@H]1Cc2ccccc2[C@H]1Nc1ncnc2c1ncn2[C@H]1CC[C@H](CO)O1. The number of ether oxygens (including phenoxy) is 2. The van der Waals surface area contributed by atoms with E-state index in [1.54, 1.807) is 6.33 Å². The molecule has 0 bridgehead atoms. The molecule has 2 aromatic heterocycles. The highest BCUT2D eigenvalue weighted by molar-refractivity contribution is 5.83. The molecule has 1 aliphatic heterocycles. The van der Waals surface area contributed by atoms with Crippen LogP contribution in [0.4, 0.5) is 5.82 Å². The number of aromatic nitrogens is 4. The summed E-state index contributed by atoms with van der Waals surface area (Å²) in [5.41, 5.74) is 3.51. The fourth-order valence-corrected chi connectivity index (χ4v) is 4.39. The zero-order valence-electron chi connectivity index (χ0n) is 16.6. The van der Waals surface area contributed by atoms with E-state index in [-0.39, 0.29) is 37.1 Å². The van der Waals surface area contributed by atoms with Crippen molar-refractivity contribution in [3.8, 4) is 0 Å². The predicted molar refractivity (Wildman–Crippen MR) is 108 cm³/mol. The van der Waals surface area contributed by atoms with Gasteiger partial charge in [-0.05, 0) is 24.0 Å². The molecule has 5 rings (SSSR count). The van der Waals surface area contributed by atoms with E-state index in [1.165, 1.54) is 13.3 Å². The van der Waals surface area contributed by atoms with Crippen LogP contribution < -0.4 is 5.32 Å². The second-order valence-electron chi connectivity index (χ2n) is 7.69. The Bertz CT molecular complexity index is 1080. The van der Waals surface area contributed by atoms with Crippen molar-refractivity contribution in [3.05, 3.63) is 48.0 Å². The Hall–Kier alpha value is -3.04. The first-order chi connectivity index (χ1) is 14.6. The Morgan fingerprint density at radius 3 is 2.97 bits per heavy atom. The third-order valence-electron chi connectivity index (χ3n) is 5.75. The zero-order chi connectivity index (χ0) is 20.7. The molecular formula is C21H23N5O4. The minimum absolute atomic E-state index is 0.00352. The normalized spacial score (nSPS) is 25.4. The number of nitrogens with zero attached hydrogens (tertiary/aromatic N) is 4. The summed E-state index contributed by atoms with van der Waals surface area (Å²) in [6.45, 7) is 1.43. The van der Waals surface area contributed by atoms with Crippen molar-refractivity contribution in [1.82, 2.24) is 19.5 Å². The first-order valence-corrected chi connectivity index (χ1v) is 10.1. The van der Waals surface area contributed by atoms with Gasteiger partial charge >= 0.3 is 5.97 Å². The number of rotatable bonds is 5. The minimum Gasteiger partial charge on any atom is -0.460 e. The average Bonchev–Trinajstić information content (AvgIpc) is 3.45. The highest BCUT2D eigenvalue weighted by atomic mass is 16.5. The number of hydrogen-bond donors (Lipinski definition) is 2. The van der Waals surface area contributed by atoms with Crippen LogP contribution in [0.15, 0.2) is 36.9 Å². The Balaban J connectivity index is 1.47. The van der Waals surface area contributed by atoms with Gasteiger partial charge in [-0.2, -0.15) is 0 Å². The van der Waals surface area contributed by atoms with Crippen molar-refractivity contribution >= 4 is 23.0 Å². The fraction of sp³-hybridized carbons (Fsp3) is 0.429. The summed E-state index contributed by atoms with van der Waals surface area (Å²) in [5.74, 6) is 0.267. The predicted octanol–water partition coefficient (Wildman–Crippen LogP) is 2.14. The molecule has 0 spiro atoms. The maximum absolute atomic E-state index is 11.6. The number of aliphatic hydroxyl groups is 1. The van der Waals surface area contributed by atoms with Crippen molar-refractivity contribution in [2.24, 2.45) is 0 Å². The molecule has 1 aromatic carbocycles. The molecule has 3 aromatic rings. The van der Waals surface area contributed by atoms with Crippen LogP contribution in [-0.4, -0.2) is 49.4 Å². The topological polar surface area (TPSA) is 111 Å². The van der Waals surface area contributed by atoms with E-state index in [9.17, 15) is 9.90 Å². The van der Waals surface area contributed by atoms with E-state index >= 15 is 0 Å². The van der Waals surface area contributed by atoms with E-state index in [1.807, 2.05) is 28.8 Å². The van der Waals surface area contributed by atoms with Crippen LogP contribution >= 0.6 is 0 Å².